The summed E-state index contributed by atoms with van der Waals surface area (Å²) in [6, 6.07) is 17.4. The molecule has 374 valence electrons. The van der Waals surface area contributed by atoms with Crippen LogP contribution in [0.15, 0.2) is 72.2 Å². The Kier molecular flexibility index (Phi) is 17.4. The van der Waals surface area contributed by atoms with E-state index in [0.717, 1.165) is 38.7 Å². The summed E-state index contributed by atoms with van der Waals surface area (Å²) < 4.78 is 58.5. The normalized spacial score (nSPS) is 17.4. The van der Waals surface area contributed by atoms with Crippen LogP contribution in [0.4, 0.5) is 24.5 Å². The maximum Gasteiger partial charge on any atom is 0.417 e. The molecular formula is C50H58F3N7O8S2. The van der Waals surface area contributed by atoms with Crippen LogP contribution in [0.2, 0.25) is 0 Å². The van der Waals surface area contributed by atoms with Crippen LogP contribution in [0.3, 0.4) is 0 Å². The minimum Gasteiger partial charge on any atom is -0.494 e. The van der Waals surface area contributed by atoms with E-state index in [1.54, 1.807) is 65.9 Å². The average Bonchev–Trinajstić information content (AvgIpc) is 3.97. The Morgan fingerprint density at radius 1 is 0.986 bits per heavy atom. The van der Waals surface area contributed by atoms with Gasteiger partial charge in [0.2, 0.25) is 17.7 Å². The van der Waals surface area contributed by atoms with Crippen LogP contribution >= 0.6 is 23.6 Å². The van der Waals surface area contributed by atoms with Crippen LogP contribution < -0.4 is 25.2 Å². The summed E-state index contributed by atoms with van der Waals surface area (Å²) >= 11 is 7.21. The first kappa shape index (κ1) is 53.4. The zero-order valence-corrected chi connectivity index (χ0v) is 41.6. The molecule has 3 aromatic carbocycles. The number of hydrogen-bond acceptors (Lipinski definition) is 12. The molecule has 2 fully saturated rings. The maximum absolute atomic E-state index is 14.0. The standard InChI is InChI=1S/C50H58F3N7O8S2/c1-31-42(70-30-56-31)33-15-13-32(14-16-33)27-55-44(63)40-25-37(61)28-58(40)45(64)43(48(2,3)4)57-41(62)29-67-21-10-20-66-19-7-8-22-68-38-12-9-11-36(23-38)60-47(69)59(46(65)49(60,5)6)35-18-17-34(26-54)39(24-35)50(51,52)53/h9,11-18,23-24,30,37,40,43,61H,7-8,10,19-22,25,27-29H2,1-6H3,(H,55,63)(H,57,62)/t37-,40+,43-/m1/s1. The van der Waals surface area contributed by atoms with Gasteiger partial charge >= 0.3 is 6.18 Å². The highest BCUT2D eigenvalue weighted by Crippen LogP contribution is 2.40. The van der Waals surface area contributed by atoms with E-state index in [1.807, 2.05) is 52.0 Å². The number of thiocarbonyl (C=S) groups is 1. The first-order valence-electron chi connectivity index (χ1n) is 22.8. The van der Waals surface area contributed by atoms with E-state index in [1.165, 1.54) is 11.0 Å². The molecule has 4 aromatic rings. The third kappa shape index (κ3) is 12.9. The molecule has 3 heterocycles. The van der Waals surface area contributed by atoms with Gasteiger partial charge < -0.3 is 39.8 Å². The van der Waals surface area contributed by atoms with Crippen molar-refractivity contribution in [2.45, 2.75) is 104 Å². The van der Waals surface area contributed by atoms with Gasteiger partial charge in [0.1, 0.15) is 30.0 Å². The minimum absolute atomic E-state index is 0.0218. The van der Waals surface area contributed by atoms with Gasteiger partial charge in [0.15, 0.2) is 5.11 Å². The number of anilines is 2. The third-order valence-electron chi connectivity index (χ3n) is 11.9. The summed E-state index contributed by atoms with van der Waals surface area (Å²) in [6.07, 6.45) is -3.78. The van der Waals surface area contributed by atoms with E-state index < -0.39 is 70.1 Å². The lowest BCUT2D eigenvalue weighted by Gasteiger charge is -2.35. The van der Waals surface area contributed by atoms with E-state index in [-0.39, 0.29) is 43.5 Å². The summed E-state index contributed by atoms with van der Waals surface area (Å²) in [5.41, 5.74) is 1.37. The van der Waals surface area contributed by atoms with Gasteiger partial charge in [-0.1, -0.05) is 51.1 Å². The highest BCUT2D eigenvalue weighted by molar-refractivity contribution is 7.81. The number of aromatic nitrogens is 1. The zero-order chi connectivity index (χ0) is 51.0. The number of unbranched alkanes of at least 4 members (excludes halogenated alkanes) is 1. The van der Waals surface area contributed by atoms with Crippen molar-refractivity contribution in [3.05, 3.63) is 94.6 Å². The van der Waals surface area contributed by atoms with E-state index in [4.69, 9.17) is 26.4 Å². The van der Waals surface area contributed by atoms with Crippen LogP contribution in [0, 0.1) is 23.7 Å². The number of benzene rings is 3. The van der Waals surface area contributed by atoms with Crippen molar-refractivity contribution in [1.29, 1.82) is 5.26 Å². The molecule has 0 saturated carbocycles. The number of aliphatic hydroxyl groups is 1. The number of aliphatic hydroxyl groups excluding tert-OH is 1. The van der Waals surface area contributed by atoms with Crippen molar-refractivity contribution >= 4 is 63.7 Å². The van der Waals surface area contributed by atoms with Gasteiger partial charge in [-0.3, -0.25) is 24.1 Å². The molecule has 20 heteroatoms. The van der Waals surface area contributed by atoms with Crippen molar-refractivity contribution in [2.24, 2.45) is 5.41 Å². The van der Waals surface area contributed by atoms with E-state index in [0.29, 0.717) is 50.5 Å². The van der Waals surface area contributed by atoms with Crippen molar-refractivity contribution in [3.8, 4) is 22.3 Å². The number of hydrogen-bond donors (Lipinski definition) is 3. The molecule has 2 aliphatic rings. The Hall–Kier alpha value is -5.98. The SMILES string of the molecule is Cc1ncsc1-c1ccc(CNC(=O)[C@@H]2C[C@@H](O)CN2C(=O)[C@@H](NC(=O)COCCCOCCCCOc2cccc(N3C(=S)N(c4ccc(C#N)c(C(F)(F)F)c4)C(=O)C3(C)C)c2)C(C)(C)C)cc1. The van der Waals surface area contributed by atoms with Gasteiger partial charge in [0.25, 0.3) is 5.91 Å². The molecule has 3 N–H and O–H groups in total. The molecule has 2 saturated heterocycles. The number of nitrogens with one attached hydrogen (secondary N) is 2. The molecule has 70 heavy (non-hydrogen) atoms. The first-order chi connectivity index (χ1) is 33.1. The fourth-order valence-corrected chi connectivity index (χ4v) is 9.51. The number of nitrogens with zero attached hydrogens (tertiary/aromatic N) is 5. The Morgan fingerprint density at radius 3 is 2.36 bits per heavy atom. The lowest BCUT2D eigenvalue weighted by molar-refractivity contribution is -0.144. The predicted molar refractivity (Wildman–Crippen MR) is 262 cm³/mol. The quantitative estimate of drug-likeness (QED) is 0.0593. The molecule has 3 atom stereocenters. The Balaban J connectivity index is 0.882. The molecule has 15 nitrogen and oxygen atoms in total. The molecule has 4 amide bonds. The van der Waals surface area contributed by atoms with Crippen LogP contribution in [0.25, 0.3) is 10.4 Å². The highest BCUT2D eigenvalue weighted by atomic mass is 32.1. The lowest BCUT2D eigenvalue weighted by atomic mass is 9.85. The molecular weight excluding hydrogens is 948 g/mol. The molecule has 0 unspecified atom stereocenters. The van der Waals surface area contributed by atoms with Crippen molar-refractivity contribution in [3.63, 3.8) is 0 Å². The number of aryl methyl sites for hydroxylation is 1. The largest absolute Gasteiger partial charge is 0.494 e. The number of alkyl halides is 3. The first-order valence-corrected chi connectivity index (χ1v) is 24.1. The van der Waals surface area contributed by atoms with Crippen molar-refractivity contribution in [2.75, 3.05) is 49.4 Å². The van der Waals surface area contributed by atoms with Gasteiger partial charge in [0, 0.05) is 51.1 Å². The molecule has 0 radical (unpaired) electrons. The zero-order valence-electron chi connectivity index (χ0n) is 39.9. The summed E-state index contributed by atoms with van der Waals surface area (Å²) in [6.45, 7) is 12.0. The van der Waals surface area contributed by atoms with E-state index in [9.17, 15) is 42.7 Å². The Bertz CT molecular complexity index is 2580. The van der Waals surface area contributed by atoms with Crippen LogP contribution in [-0.4, -0.2) is 107 Å². The van der Waals surface area contributed by atoms with Crippen molar-refractivity contribution < 1.29 is 51.7 Å². The summed E-state index contributed by atoms with van der Waals surface area (Å²) in [5, 5.41) is 25.4. The van der Waals surface area contributed by atoms with Gasteiger partial charge in [0.05, 0.1) is 51.7 Å². The number of nitriles is 1. The van der Waals surface area contributed by atoms with Crippen molar-refractivity contribution in [1.82, 2.24) is 20.5 Å². The van der Waals surface area contributed by atoms with Gasteiger partial charge in [-0.05, 0) is 99.1 Å². The molecule has 2 aliphatic heterocycles. The third-order valence-corrected chi connectivity index (χ3v) is 13.2. The number of β-amino-alcohol motifs (C(OH)–C–C–N with tert-alkyl or cyclic N) is 1. The fraction of sp³-hybridized carbons (Fsp3) is 0.460. The van der Waals surface area contributed by atoms with Gasteiger partial charge in [-0.2, -0.15) is 18.4 Å². The summed E-state index contributed by atoms with van der Waals surface area (Å²) in [5.74, 6) is -1.39. The molecule has 0 aliphatic carbocycles. The van der Waals surface area contributed by atoms with Crippen LogP contribution in [0.5, 0.6) is 5.75 Å². The van der Waals surface area contributed by atoms with Crippen LogP contribution in [-0.2, 0) is 41.4 Å². The number of carbonyl (C=O) groups excluding carboxylic acids is 4. The molecule has 6 rings (SSSR count). The number of thiazole rings is 1. The number of carbonyl (C=O) groups is 4. The second-order valence-electron chi connectivity index (χ2n) is 18.7. The van der Waals surface area contributed by atoms with Gasteiger partial charge in [-0.15, -0.1) is 11.3 Å². The monoisotopic (exact) mass is 1010 g/mol. The van der Waals surface area contributed by atoms with E-state index >= 15 is 0 Å². The summed E-state index contributed by atoms with van der Waals surface area (Å²) in [4.78, 5) is 63.3. The molecule has 0 bridgehead atoms. The Labute approximate surface area is 414 Å². The highest BCUT2D eigenvalue weighted by Gasteiger charge is 2.51. The maximum atomic E-state index is 14.0. The molecule has 1 aromatic heterocycles. The smallest absolute Gasteiger partial charge is 0.417 e. The number of amides is 4. The summed E-state index contributed by atoms with van der Waals surface area (Å²) in [7, 11) is 0. The van der Waals surface area contributed by atoms with E-state index in [2.05, 4.69) is 15.6 Å². The number of likely N-dealkylation sites (tertiary alicyclic amines) is 1. The topological polar surface area (TPSA) is 187 Å². The number of ether oxygens (including phenoxy) is 3. The number of halogens is 3. The van der Waals surface area contributed by atoms with Crippen LogP contribution in [0.1, 0.15) is 82.7 Å². The predicted octanol–water partition coefficient (Wildman–Crippen LogP) is 7.32. The fourth-order valence-electron chi connectivity index (χ4n) is 8.18. The minimum atomic E-state index is -4.81. The lowest BCUT2D eigenvalue weighted by Crippen LogP contribution is -2.58. The second kappa shape index (κ2) is 22.8. The average molecular weight is 1010 g/mol. The second-order valence-corrected chi connectivity index (χ2v) is 19.9. The Morgan fingerprint density at radius 2 is 1.69 bits per heavy atom. The number of rotatable bonds is 20. The van der Waals surface area contributed by atoms with Gasteiger partial charge in [-0.25, -0.2) is 4.98 Å². The molecule has 0 spiro atoms.